The van der Waals surface area contributed by atoms with Crippen LogP contribution in [-0.4, -0.2) is 55.5 Å². The molecule has 0 spiro atoms. The SMILES string of the molecule is OC[C@H]1CCCN1Cc1ccc(N2CCOCC2)cc1. The number of aliphatic hydroxyl groups excluding tert-OH is 1. The Morgan fingerprint density at radius 3 is 2.55 bits per heavy atom. The number of anilines is 1. The molecule has 0 aromatic heterocycles. The van der Waals surface area contributed by atoms with E-state index < -0.39 is 0 Å². The molecule has 2 heterocycles. The minimum absolute atomic E-state index is 0.284. The number of rotatable bonds is 4. The molecule has 4 heteroatoms. The van der Waals surface area contributed by atoms with Gasteiger partial charge in [0.15, 0.2) is 0 Å². The molecule has 4 nitrogen and oxygen atoms in total. The Kier molecular flexibility index (Phi) is 4.55. The fraction of sp³-hybridized carbons (Fsp3) is 0.625. The molecular formula is C16H24N2O2. The molecule has 110 valence electrons. The predicted octanol–water partition coefficient (Wildman–Crippen LogP) is 1.48. The van der Waals surface area contributed by atoms with Crippen LogP contribution in [0.5, 0.6) is 0 Å². The Hall–Kier alpha value is -1.10. The van der Waals surface area contributed by atoms with Gasteiger partial charge >= 0.3 is 0 Å². The Balaban J connectivity index is 1.61. The first kappa shape index (κ1) is 13.9. The summed E-state index contributed by atoms with van der Waals surface area (Å²) in [6.45, 7) is 5.97. The van der Waals surface area contributed by atoms with Crippen molar-refractivity contribution in [2.75, 3.05) is 44.4 Å². The van der Waals surface area contributed by atoms with E-state index in [9.17, 15) is 5.11 Å². The maximum atomic E-state index is 9.37. The number of likely N-dealkylation sites (tertiary alicyclic amines) is 1. The highest BCUT2D eigenvalue weighted by Gasteiger charge is 2.23. The molecule has 0 amide bonds. The zero-order valence-corrected chi connectivity index (χ0v) is 12.0. The standard InChI is InChI=1S/C16H24N2O2/c19-13-16-2-1-7-18(16)12-14-3-5-15(6-4-14)17-8-10-20-11-9-17/h3-6,16,19H,1-2,7-13H2/t16-/m1/s1. The lowest BCUT2D eigenvalue weighted by molar-refractivity contribution is 0.122. The first-order chi connectivity index (χ1) is 9.86. The average Bonchev–Trinajstić information content (AvgIpc) is 2.96. The maximum absolute atomic E-state index is 9.37. The van der Waals surface area contributed by atoms with Gasteiger partial charge in [0, 0.05) is 31.4 Å². The fourth-order valence-corrected chi connectivity index (χ4v) is 3.18. The van der Waals surface area contributed by atoms with Gasteiger partial charge in [0.25, 0.3) is 0 Å². The summed E-state index contributed by atoms with van der Waals surface area (Å²) >= 11 is 0. The van der Waals surface area contributed by atoms with E-state index in [2.05, 4.69) is 34.1 Å². The van der Waals surface area contributed by atoms with Gasteiger partial charge in [0.1, 0.15) is 0 Å². The monoisotopic (exact) mass is 276 g/mol. The molecule has 0 bridgehead atoms. The number of ether oxygens (including phenoxy) is 1. The molecule has 2 aliphatic rings. The summed E-state index contributed by atoms with van der Waals surface area (Å²) in [6.07, 6.45) is 2.33. The first-order valence-electron chi connectivity index (χ1n) is 7.63. The Labute approximate surface area is 120 Å². The van der Waals surface area contributed by atoms with Crippen molar-refractivity contribution in [1.82, 2.24) is 4.90 Å². The number of benzene rings is 1. The highest BCUT2D eigenvalue weighted by Crippen LogP contribution is 2.22. The van der Waals surface area contributed by atoms with Crippen LogP contribution in [-0.2, 0) is 11.3 Å². The summed E-state index contributed by atoms with van der Waals surface area (Å²) in [5, 5.41) is 9.37. The van der Waals surface area contributed by atoms with Gasteiger partial charge in [0.2, 0.25) is 0 Å². The topological polar surface area (TPSA) is 35.9 Å². The van der Waals surface area contributed by atoms with Crippen molar-refractivity contribution in [2.24, 2.45) is 0 Å². The van der Waals surface area contributed by atoms with Crippen LogP contribution in [0, 0.1) is 0 Å². The van der Waals surface area contributed by atoms with Crippen LogP contribution >= 0.6 is 0 Å². The Morgan fingerprint density at radius 1 is 1.10 bits per heavy atom. The van der Waals surface area contributed by atoms with Crippen LogP contribution in [0.15, 0.2) is 24.3 Å². The maximum Gasteiger partial charge on any atom is 0.0642 e. The van der Waals surface area contributed by atoms with E-state index in [0.29, 0.717) is 6.04 Å². The van der Waals surface area contributed by atoms with Crippen LogP contribution in [0.4, 0.5) is 5.69 Å². The minimum Gasteiger partial charge on any atom is -0.395 e. The lowest BCUT2D eigenvalue weighted by atomic mass is 10.1. The van der Waals surface area contributed by atoms with E-state index in [4.69, 9.17) is 4.74 Å². The van der Waals surface area contributed by atoms with Crippen molar-refractivity contribution in [2.45, 2.75) is 25.4 Å². The summed E-state index contributed by atoms with van der Waals surface area (Å²) in [4.78, 5) is 4.77. The molecule has 0 radical (unpaired) electrons. The molecule has 1 aromatic rings. The molecule has 2 saturated heterocycles. The summed E-state index contributed by atoms with van der Waals surface area (Å²) in [5.41, 5.74) is 2.62. The van der Waals surface area contributed by atoms with Crippen LogP contribution in [0.1, 0.15) is 18.4 Å². The molecule has 0 saturated carbocycles. The van der Waals surface area contributed by atoms with E-state index in [1.807, 2.05) is 0 Å². The Bertz CT molecular complexity index is 415. The first-order valence-corrected chi connectivity index (χ1v) is 7.63. The summed E-state index contributed by atoms with van der Waals surface area (Å²) < 4.78 is 5.39. The van der Waals surface area contributed by atoms with Gasteiger partial charge in [-0.3, -0.25) is 4.90 Å². The van der Waals surface area contributed by atoms with Crippen LogP contribution in [0.2, 0.25) is 0 Å². The summed E-state index contributed by atoms with van der Waals surface area (Å²) in [6, 6.07) is 9.22. The summed E-state index contributed by atoms with van der Waals surface area (Å²) in [7, 11) is 0. The van der Waals surface area contributed by atoms with Crippen molar-refractivity contribution >= 4 is 5.69 Å². The van der Waals surface area contributed by atoms with Crippen LogP contribution in [0.25, 0.3) is 0 Å². The molecule has 3 rings (SSSR count). The third kappa shape index (κ3) is 3.14. The third-order valence-corrected chi connectivity index (χ3v) is 4.41. The van der Waals surface area contributed by atoms with Crippen molar-refractivity contribution < 1.29 is 9.84 Å². The fourth-order valence-electron chi connectivity index (χ4n) is 3.18. The minimum atomic E-state index is 0.284. The molecular weight excluding hydrogens is 252 g/mol. The van der Waals surface area contributed by atoms with Gasteiger partial charge < -0.3 is 14.7 Å². The van der Waals surface area contributed by atoms with Crippen molar-refractivity contribution in [3.63, 3.8) is 0 Å². The highest BCUT2D eigenvalue weighted by atomic mass is 16.5. The van der Waals surface area contributed by atoms with E-state index in [1.165, 1.54) is 17.7 Å². The van der Waals surface area contributed by atoms with Crippen molar-refractivity contribution in [1.29, 1.82) is 0 Å². The molecule has 2 fully saturated rings. The number of hydrogen-bond acceptors (Lipinski definition) is 4. The quantitative estimate of drug-likeness (QED) is 0.903. The van der Waals surface area contributed by atoms with Crippen molar-refractivity contribution in [3.8, 4) is 0 Å². The van der Waals surface area contributed by atoms with E-state index >= 15 is 0 Å². The van der Waals surface area contributed by atoms with E-state index in [1.54, 1.807) is 0 Å². The zero-order valence-electron chi connectivity index (χ0n) is 12.0. The lowest BCUT2D eigenvalue weighted by Crippen LogP contribution is -2.36. The smallest absolute Gasteiger partial charge is 0.0642 e. The molecule has 1 atom stereocenters. The van der Waals surface area contributed by atoms with Gasteiger partial charge in [-0.05, 0) is 37.1 Å². The Morgan fingerprint density at radius 2 is 1.85 bits per heavy atom. The largest absolute Gasteiger partial charge is 0.395 e. The van der Waals surface area contributed by atoms with Gasteiger partial charge in [-0.1, -0.05) is 12.1 Å². The normalized spacial score (nSPS) is 24.2. The van der Waals surface area contributed by atoms with Gasteiger partial charge in [-0.15, -0.1) is 0 Å². The molecule has 0 unspecified atom stereocenters. The average molecular weight is 276 g/mol. The lowest BCUT2D eigenvalue weighted by Gasteiger charge is -2.29. The second-order valence-corrected chi connectivity index (χ2v) is 5.71. The number of morpholine rings is 1. The molecule has 1 aromatic carbocycles. The highest BCUT2D eigenvalue weighted by molar-refractivity contribution is 5.47. The van der Waals surface area contributed by atoms with Crippen LogP contribution in [0.3, 0.4) is 0 Å². The second kappa shape index (κ2) is 6.57. The van der Waals surface area contributed by atoms with Gasteiger partial charge in [0.05, 0.1) is 19.8 Å². The molecule has 20 heavy (non-hydrogen) atoms. The predicted molar refractivity (Wildman–Crippen MR) is 80.0 cm³/mol. The molecule has 0 aliphatic carbocycles. The number of hydrogen-bond donors (Lipinski definition) is 1. The van der Waals surface area contributed by atoms with E-state index in [-0.39, 0.29) is 6.61 Å². The molecule has 2 aliphatic heterocycles. The van der Waals surface area contributed by atoms with Gasteiger partial charge in [-0.2, -0.15) is 0 Å². The van der Waals surface area contributed by atoms with Crippen LogP contribution < -0.4 is 4.90 Å². The zero-order chi connectivity index (χ0) is 13.8. The number of aliphatic hydroxyl groups is 1. The van der Waals surface area contributed by atoms with Gasteiger partial charge in [-0.25, -0.2) is 0 Å². The molecule has 1 N–H and O–H groups in total. The van der Waals surface area contributed by atoms with Crippen molar-refractivity contribution in [3.05, 3.63) is 29.8 Å². The van der Waals surface area contributed by atoms with E-state index in [0.717, 1.165) is 45.8 Å². The second-order valence-electron chi connectivity index (χ2n) is 5.71. The number of nitrogens with zero attached hydrogens (tertiary/aromatic N) is 2. The third-order valence-electron chi connectivity index (χ3n) is 4.41. The summed E-state index contributed by atoms with van der Waals surface area (Å²) in [5.74, 6) is 0.